The van der Waals surface area contributed by atoms with Crippen LogP contribution in [0.2, 0.25) is 5.02 Å². The summed E-state index contributed by atoms with van der Waals surface area (Å²) in [6.45, 7) is 2.89. The van der Waals surface area contributed by atoms with Crippen LogP contribution in [0.15, 0.2) is 24.4 Å². The molecular formula is C15H16BrClINO. The Morgan fingerprint density at radius 3 is 3.00 bits per heavy atom. The number of fused-ring (bicyclic) bond motifs is 1. The summed E-state index contributed by atoms with van der Waals surface area (Å²) in [6.07, 6.45) is 4.09. The van der Waals surface area contributed by atoms with Crippen LogP contribution in [0.3, 0.4) is 0 Å². The number of benzene rings is 1. The molecule has 1 aromatic carbocycles. The number of ether oxygens (including phenoxy) is 1. The maximum Gasteiger partial charge on any atom is 0.158 e. The predicted molar refractivity (Wildman–Crippen MR) is 97.2 cm³/mol. The quantitative estimate of drug-likeness (QED) is 0.402. The van der Waals surface area contributed by atoms with Gasteiger partial charge in [-0.25, -0.2) is 0 Å². The molecule has 0 fully saturated rings. The van der Waals surface area contributed by atoms with Gasteiger partial charge in [-0.05, 0) is 47.2 Å². The Labute approximate surface area is 146 Å². The molecule has 0 saturated heterocycles. The molecule has 20 heavy (non-hydrogen) atoms. The van der Waals surface area contributed by atoms with Gasteiger partial charge in [0.2, 0.25) is 0 Å². The fourth-order valence-electron chi connectivity index (χ4n) is 2.10. The number of hydrogen-bond acceptors (Lipinski definition) is 2. The molecule has 0 bridgehead atoms. The van der Waals surface area contributed by atoms with Gasteiger partial charge in [0, 0.05) is 22.8 Å². The zero-order chi connectivity index (χ0) is 14.5. The largest absolute Gasteiger partial charge is 0.490 e. The Balaban J connectivity index is 2.29. The molecule has 0 radical (unpaired) electrons. The van der Waals surface area contributed by atoms with Gasteiger partial charge in [0.05, 0.1) is 15.2 Å². The van der Waals surface area contributed by atoms with E-state index in [-0.39, 0.29) is 0 Å². The lowest BCUT2D eigenvalue weighted by molar-refractivity contribution is 0.256. The molecule has 1 atom stereocenters. The van der Waals surface area contributed by atoms with Gasteiger partial charge >= 0.3 is 0 Å². The SMILES string of the molecule is CCCC(CBr)COc1c(I)cc(Cl)c2cccnc12. The van der Waals surface area contributed by atoms with Crippen LogP contribution in [0.5, 0.6) is 5.75 Å². The second-order valence-electron chi connectivity index (χ2n) is 4.69. The summed E-state index contributed by atoms with van der Waals surface area (Å²) in [5.74, 6) is 1.36. The molecule has 0 aliphatic rings. The molecule has 2 nitrogen and oxygen atoms in total. The highest BCUT2D eigenvalue weighted by molar-refractivity contribution is 14.1. The van der Waals surface area contributed by atoms with Crippen molar-refractivity contribution in [2.45, 2.75) is 19.8 Å². The molecule has 108 valence electrons. The fourth-order valence-corrected chi connectivity index (χ4v) is 3.78. The predicted octanol–water partition coefficient (Wildman–Crippen LogP) is 5.68. The van der Waals surface area contributed by atoms with Crippen LogP contribution in [0.25, 0.3) is 10.9 Å². The van der Waals surface area contributed by atoms with Crippen LogP contribution >= 0.6 is 50.1 Å². The van der Waals surface area contributed by atoms with Crippen LogP contribution in [-0.2, 0) is 0 Å². The van der Waals surface area contributed by atoms with Gasteiger partial charge in [-0.1, -0.05) is 40.9 Å². The van der Waals surface area contributed by atoms with E-state index in [1.165, 1.54) is 0 Å². The van der Waals surface area contributed by atoms with Gasteiger partial charge in [-0.3, -0.25) is 4.98 Å². The van der Waals surface area contributed by atoms with E-state index in [1.807, 2.05) is 18.2 Å². The molecule has 0 aliphatic carbocycles. The molecule has 0 spiro atoms. The minimum Gasteiger partial charge on any atom is -0.490 e. The summed E-state index contributed by atoms with van der Waals surface area (Å²) in [4.78, 5) is 4.43. The highest BCUT2D eigenvalue weighted by Crippen LogP contribution is 2.35. The van der Waals surface area contributed by atoms with Gasteiger partial charge < -0.3 is 4.74 Å². The minimum atomic E-state index is 0.519. The summed E-state index contributed by atoms with van der Waals surface area (Å²) >= 11 is 12.1. The van der Waals surface area contributed by atoms with E-state index in [9.17, 15) is 0 Å². The Morgan fingerprint density at radius 2 is 2.30 bits per heavy atom. The lowest BCUT2D eigenvalue weighted by Gasteiger charge is -2.16. The molecule has 0 saturated carbocycles. The van der Waals surface area contributed by atoms with Crippen LogP contribution in [0.4, 0.5) is 0 Å². The third-order valence-corrected chi connectivity index (χ3v) is 5.16. The maximum absolute atomic E-state index is 6.27. The fraction of sp³-hybridized carbons (Fsp3) is 0.400. The Bertz CT molecular complexity index is 593. The van der Waals surface area contributed by atoms with Crippen LogP contribution in [0, 0.1) is 9.49 Å². The lowest BCUT2D eigenvalue weighted by Crippen LogP contribution is -2.14. The first-order valence-corrected chi connectivity index (χ1v) is 9.16. The van der Waals surface area contributed by atoms with Crippen molar-refractivity contribution < 1.29 is 4.74 Å². The minimum absolute atomic E-state index is 0.519. The van der Waals surface area contributed by atoms with Crippen molar-refractivity contribution in [3.8, 4) is 5.75 Å². The monoisotopic (exact) mass is 467 g/mol. The first-order valence-electron chi connectivity index (χ1n) is 6.58. The molecule has 0 N–H and O–H groups in total. The second kappa shape index (κ2) is 7.80. The van der Waals surface area contributed by atoms with Crippen molar-refractivity contribution in [1.82, 2.24) is 4.98 Å². The number of hydrogen-bond donors (Lipinski definition) is 0. The van der Waals surface area contributed by atoms with Crippen molar-refractivity contribution >= 4 is 61.0 Å². The molecule has 0 aliphatic heterocycles. The van der Waals surface area contributed by atoms with Gasteiger partial charge in [0.1, 0.15) is 5.52 Å². The molecule has 2 rings (SSSR count). The molecule has 0 amide bonds. The topological polar surface area (TPSA) is 22.1 Å². The number of aromatic nitrogens is 1. The zero-order valence-electron chi connectivity index (χ0n) is 11.2. The van der Waals surface area contributed by atoms with E-state index in [1.54, 1.807) is 6.20 Å². The van der Waals surface area contributed by atoms with Crippen molar-refractivity contribution in [3.63, 3.8) is 0 Å². The summed E-state index contributed by atoms with van der Waals surface area (Å²) in [7, 11) is 0. The van der Waals surface area contributed by atoms with E-state index in [4.69, 9.17) is 16.3 Å². The molecule has 1 aromatic heterocycles. The van der Waals surface area contributed by atoms with Gasteiger partial charge in [-0.15, -0.1) is 0 Å². The third kappa shape index (κ3) is 3.77. The number of halogens is 3. The van der Waals surface area contributed by atoms with Crippen LogP contribution in [-0.4, -0.2) is 16.9 Å². The van der Waals surface area contributed by atoms with Gasteiger partial charge in [-0.2, -0.15) is 0 Å². The first-order chi connectivity index (χ1) is 9.67. The summed E-state index contributed by atoms with van der Waals surface area (Å²) in [5, 5.41) is 2.61. The third-order valence-electron chi connectivity index (χ3n) is 3.13. The molecule has 5 heteroatoms. The average molecular weight is 469 g/mol. The highest BCUT2D eigenvalue weighted by atomic mass is 127. The van der Waals surface area contributed by atoms with Gasteiger partial charge in [0.25, 0.3) is 0 Å². The van der Waals surface area contributed by atoms with Crippen LogP contribution < -0.4 is 4.74 Å². The van der Waals surface area contributed by atoms with E-state index in [0.29, 0.717) is 12.5 Å². The normalized spacial score (nSPS) is 12.6. The molecule has 1 heterocycles. The number of nitrogens with zero attached hydrogens (tertiary/aromatic N) is 1. The van der Waals surface area contributed by atoms with Gasteiger partial charge in [0.15, 0.2) is 5.75 Å². The number of rotatable bonds is 6. The molecular weight excluding hydrogens is 452 g/mol. The standard InChI is InChI=1S/C15H16BrClINO/c1-2-4-10(8-16)9-20-15-13(18)7-12(17)11-5-3-6-19-14(11)15/h3,5-7,10H,2,4,8-9H2,1H3. The highest BCUT2D eigenvalue weighted by Gasteiger charge is 2.14. The number of pyridine rings is 1. The van der Waals surface area contributed by atoms with Crippen molar-refractivity contribution in [3.05, 3.63) is 33.0 Å². The van der Waals surface area contributed by atoms with Crippen LogP contribution in [0.1, 0.15) is 19.8 Å². The second-order valence-corrected chi connectivity index (χ2v) is 6.91. The first kappa shape index (κ1) is 16.3. The van der Waals surface area contributed by atoms with E-state index in [2.05, 4.69) is 50.4 Å². The zero-order valence-corrected chi connectivity index (χ0v) is 15.7. The Morgan fingerprint density at radius 1 is 1.50 bits per heavy atom. The van der Waals surface area contributed by atoms with E-state index < -0.39 is 0 Å². The smallest absolute Gasteiger partial charge is 0.158 e. The number of alkyl halides is 1. The molecule has 2 aromatic rings. The average Bonchev–Trinajstić information content (AvgIpc) is 2.45. The van der Waals surface area contributed by atoms with E-state index >= 15 is 0 Å². The van der Waals surface area contributed by atoms with Crippen molar-refractivity contribution in [2.75, 3.05) is 11.9 Å². The maximum atomic E-state index is 6.27. The van der Waals surface area contributed by atoms with Crippen molar-refractivity contribution in [1.29, 1.82) is 0 Å². The van der Waals surface area contributed by atoms with E-state index in [0.717, 1.165) is 43.4 Å². The summed E-state index contributed by atoms with van der Waals surface area (Å²) in [5.41, 5.74) is 0.842. The molecule has 1 unspecified atom stereocenters. The summed E-state index contributed by atoms with van der Waals surface area (Å²) in [6, 6.07) is 5.80. The van der Waals surface area contributed by atoms with Crippen molar-refractivity contribution in [2.24, 2.45) is 5.92 Å². The summed E-state index contributed by atoms with van der Waals surface area (Å²) < 4.78 is 7.06. The lowest BCUT2D eigenvalue weighted by atomic mass is 10.1. The Hall–Kier alpha value is -0.0700. The Kier molecular flexibility index (Phi) is 6.36.